The zero-order valence-electron chi connectivity index (χ0n) is 16.6. The number of nitrogens with zero attached hydrogens (tertiary/aromatic N) is 2. The normalized spacial score (nSPS) is 14.0. The third kappa shape index (κ3) is 6.72. The molecule has 0 saturated carbocycles. The lowest BCUT2D eigenvalue weighted by Crippen LogP contribution is -2.22. The van der Waals surface area contributed by atoms with E-state index >= 15 is 0 Å². The maximum absolute atomic E-state index is 9.91. The smallest absolute Gasteiger partial charge is 0.213 e. The standard InChI is InChI=1S/C22H30N4O/c1-6-8-18(20(9-7-2)25-22(23)24)12-13-26(5)21(15-27)19-11-10-16(3)17(4)14-19/h6-14,21,27H,1,15H2,2-5H3,(H3,23,24)/b9-7-,13-12-,18-8+,25-20+. The Labute approximate surface area is 162 Å². The second-order valence-electron chi connectivity index (χ2n) is 6.26. The number of hydrogen-bond donors (Lipinski definition) is 3. The largest absolute Gasteiger partial charge is 0.394 e. The lowest BCUT2D eigenvalue weighted by molar-refractivity contribution is 0.185. The van der Waals surface area contributed by atoms with Crippen molar-refractivity contribution in [2.24, 2.45) is 10.7 Å². The maximum atomic E-state index is 9.91. The molecule has 0 radical (unpaired) electrons. The van der Waals surface area contributed by atoms with E-state index in [0.29, 0.717) is 5.71 Å². The average Bonchev–Trinajstić information content (AvgIpc) is 2.61. The van der Waals surface area contributed by atoms with Gasteiger partial charge in [0, 0.05) is 18.8 Å². The second-order valence-corrected chi connectivity index (χ2v) is 6.26. The van der Waals surface area contributed by atoms with Gasteiger partial charge in [-0.25, -0.2) is 4.99 Å². The minimum Gasteiger partial charge on any atom is -0.394 e. The number of benzene rings is 1. The predicted octanol–water partition coefficient (Wildman–Crippen LogP) is 3.81. The number of nitrogens with two attached hydrogens (primary N) is 1. The Balaban J connectivity index is 3.16. The number of hydrogen-bond acceptors (Lipinski definition) is 3. The molecule has 1 atom stereocenters. The summed E-state index contributed by atoms with van der Waals surface area (Å²) >= 11 is 0. The number of guanidine groups is 1. The van der Waals surface area contributed by atoms with Crippen LogP contribution < -0.4 is 5.73 Å². The number of aliphatic hydroxyl groups excluding tert-OH is 1. The minimum atomic E-state index is -0.261. The summed E-state index contributed by atoms with van der Waals surface area (Å²) in [6.07, 6.45) is 10.8. The number of rotatable bonds is 8. The molecule has 0 bridgehead atoms. The quantitative estimate of drug-likeness (QED) is 0.371. The summed E-state index contributed by atoms with van der Waals surface area (Å²) in [4.78, 5) is 6.01. The highest BCUT2D eigenvalue weighted by molar-refractivity contribution is 6.14. The van der Waals surface area contributed by atoms with Gasteiger partial charge in [-0.1, -0.05) is 43.0 Å². The van der Waals surface area contributed by atoms with Gasteiger partial charge in [0.2, 0.25) is 5.96 Å². The number of likely N-dealkylation sites (N-methyl/N-ethyl adjacent to an activating group) is 1. The molecule has 1 unspecified atom stereocenters. The van der Waals surface area contributed by atoms with E-state index in [9.17, 15) is 5.11 Å². The number of nitrogens with one attached hydrogen (secondary N) is 1. The van der Waals surface area contributed by atoms with E-state index < -0.39 is 0 Å². The number of aliphatic hydroxyl groups is 1. The summed E-state index contributed by atoms with van der Waals surface area (Å²) in [5, 5.41) is 17.3. The molecule has 0 aliphatic carbocycles. The molecule has 0 fully saturated rings. The molecule has 1 rings (SSSR count). The molecule has 0 amide bonds. The van der Waals surface area contributed by atoms with Crippen molar-refractivity contribution in [3.63, 3.8) is 0 Å². The fraction of sp³-hybridized carbons (Fsp3) is 0.273. The topological polar surface area (TPSA) is 85.7 Å². The first-order chi connectivity index (χ1) is 12.8. The molecule has 144 valence electrons. The summed E-state index contributed by atoms with van der Waals surface area (Å²) in [6.45, 7) is 9.74. The van der Waals surface area contributed by atoms with Crippen LogP contribution in [0.1, 0.15) is 29.7 Å². The lowest BCUT2D eigenvalue weighted by Gasteiger charge is -2.26. The van der Waals surface area contributed by atoms with Crippen molar-refractivity contribution in [1.82, 2.24) is 4.90 Å². The van der Waals surface area contributed by atoms with Gasteiger partial charge in [-0.05, 0) is 49.6 Å². The van der Waals surface area contributed by atoms with Gasteiger partial charge in [0.05, 0.1) is 18.4 Å². The van der Waals surface area contributed by atoms with E-state index in [-0.39, 0.29) is 18.6 Å². The van der Waals surface area contributed by atoms with Gasteiger partial charge in [-0.2, -0.15) is 0 Å². The monoisotopic (exact) mass is 366 g/mol. The summed E-state index contributed by atoms with van der Waals surface area (Å²) in [5.74, 6) is -0.261. The Morgan fingerprint density at radius 3 is 2.56 bits per heavy atom. The van der Waals surface area contributed by atoms with E-state index in [2.05, 4.69) is 37.6 Å². The van der Waals surface area contributed by atoms with Crippen molar-refractivity contribution in [1.29, 1.82) is 5.41 Å². The highest BCUT2D eigenvalue weighted by atomic mass is 16.3. The highest BCUT2D eigenvalue weighted by Crippen LogP contribution is 2.22. The van der Waals surface area contributed by atoms with Crippen LogP contribution in [-0.4, -0.2) is 35.3 Å². The van der Waals surface area contributed by atoms with Crippen molar-refractivity contribution in [3.8, 4) is 0 Å². The van der Waals surface area contributed by atoms with Gasteiger partial charge in [0.15, 0.2) is 0 Å². The van der Waals surface area contributed by atoms with Gasteiger partial charge >= 0.3 is 0 Å². The molecule has 4 N–H and O–H groups in total. The van der Waals surface area contributed by atoms with Gasteiger partial charge in [-0.3, -0.25) is 5.41 Å². The highest BCUT2D eigenvalue weighted by Gasteiger charge is 2.14. The molecule has 0 aliphatic rings. The Morgan fingerprint density at radius 2 is 2.04 bits per heavy atom. The summed E-state index contributed by atoms with van der Waals surface area (Å²) in [5.41, 5.74) is 10.2. The van der Waals surface area contributed by atoms with Crippen LogP contribution in [0.25, 0.3) is 0 Å². The van der Waals surface area contributed by atoms with E-state index in [0.717, 1.165) is 11.1 Å². The third-order valence-electron chi connectivity index (χ3n) is 4.23. The van der Waals surface area contributed by atoms with Gasteiger partial charge < -0.3 is 15.7 Å². The van der Waals surface area contributed by atoms with E-state index in [1.807, 2.05) is 43.3 Å². The summed E-state index contributed by atoms with van der Waals surface area (Å²) in [7, 11) is 1.91. The molecule has 0 aliphatic heterocycles. The van der Waals surface area contributed by atoms with Crippen LogP contribution >= 0.6 is 0 Å². The van der Waals surface area contributed by atoms with Crippen LogP contribution in [-0.2, 0) is 0 Å². The van der Waals surface area contributed by atoms with Crippen LogP contribution in [0.3, 0.4) is 0 Å². The fourth-order valence-electron chi connectivity index (χ4n) is 2.58. The Bertz CT molecular complexity index is 788. The number of aryl methyl sites for hydroxylation is 2. The molecule has 27 heavy (non-hydrogen) atoms. The van der Waals surface area contributed by atoms with E-state index in [1.165, 1.54) is 11.1 Å². The van der Waals surface area contributed by atoms with Crippen LogP contribution in [0.2, 0.25) is 0 Å². The van der Waals surface area contributed by atoms with Crippen molar-refractivity contribution >= 4 is 11.7 Å². The molecule has 5 heteroatoms. The molecule has 5 nitrogen and oxygen atoms in total. The average molecular weight is 367 g/mol. The number of allylic oxidation sites excluding steroid dienone is 6. The Morgan fingerprint density at radius 1 is 1.33 bits per heavy atom. The zero-order chi connectivity index (χ0) is 20.4. The van der Waals surface area contributed by atoms with Crippen molar-refractivity contribution in [2.45, 2.75) is 26.8 Å². The van der Waals surface area contributed by atoms with Gasteiger partial charge in [0.1, 0.15) is 0 Å². The summed E-state index contributed by atoms with van der Waals surface area (Å²) in [6, 6.07) is 6.04. The van der Waals surface area contributed by atoms with Crippen molar-refractivity contribution < 1.29 is 5.11 Å². The first-order valence-electron chi connectivity index (χ1n) is 8.80. The first kappa shape index (κ1) is 22.1. The summed E-state index contributed by atoms with van der Waals surface area (Å²) < 4.78 is 0. The minimum absolute atomic E-state index is 0.00684. The van der Waals surface area contributed by atoms with Gasteiger partial charge in [0.25, 0.3) is 0 Å². The van der Waals surface area contributed by atoms with E-state index in [4.69, 9.17) is 11.1 Å². The van der Waals surface area contributed by atoms with Crippen molar-refractivity contribution in [2.75, 3.05) is 13.7 Å². The lowest BCUT2D eigenvalue weighted by atomic mass is 10.0. The van der Waals surface area contributed by atoms with E-state index in [1.54, 1.807) is 18.2 Å². The van der Waals surface area contributed by atoms with Crippen LogP contribution in [0.15, 0.2) is 71.9 Å². The molecule has 0 spiro atoms. The molecular weight excluding hydrogens is 336 g/mol. The molecule has 0 aromatic heterocycles. The molecule has 0 saturated heterocycles. The first-order valence-corrected chi connectivity index (χ1v) is 8.80. The third-order valence-corrected chi connectivity index (χ3v) is 4.23. The van der Waals surface area contributed by atoms with Crippen LogP contribution in [0, 0.1) is 19.3 Å². The maximum Gasteiger partial charge on any atom is 0.213 e. The van der Waals surface area contributed by atoms with Gasteiger partial charge in [-0.15, -0.1) is 0 Å². The molecule has 0 heterocycles. The molecule has 1 aromatic rings. The van der Waals surface area contributed by atoms with Crippen LogP contribution in [0.4, 0.5) is 0 Å². The Kier molecular flexibility index (Phi) is 8.96. The fourth-order valence-corrected chi connectivity index (χ4v) is 2.58. The SMILES string of the molecule is C=C/C=C(\C=C/N(C)C(CO)c1ccc(C)c(C)c1)C(/C=C\C)=N/C(=N)N. The second kappa shape index (κ2) is 10.9. The molecular formula is C22H30N4O. The van der Waals surface area contributed by atoms with Crippen molar-refractivity contribution in [3.05, 3.63) is 83.6 Å². The zero-order valence-corrected chi connectivity index (χ0v) is 16.6. The number of aliphatic imine (C=N–C) groups is 1. The Hall–Kier alpha value is -2.92. The molecule has 1 aromatic carbocycles. The van der Waals surface area contributed by atoms with Crippen LogP contribution in [0.5, 0.6) is 0 Å². The predicted molar refractivity (Wildman–Crippen MR) is 115 cm³/mol.